The van der Waals surface area contributed by atoms with E-state index in [-0.39, 0.29) is 12.1 Å². The quantitative estimate of drug-likeness (QED) is 0.852. The van der Waals surface area contributed by atoms with Crippen LogP contribution in [-0.2, 0) is 10.0 Å². The summed E-state index contributed by atoms with van der Waals surface area (Å²) in [7, 11) is -3.39. The first-order chi connectivity index (χ1) is 8.69. The predicted octanol–water partition coefficient (Wildman–Crippen LogP) is 0.597. The van der Waals surface area contributed by atoms with Gasteiger partial charge in [0.05, 0.1) is 0 Å². The number of rotatable bonds is 2. The summed E-state index contributed by atoms with van der Waals surface area (Å²) >= 11 is 0. The van der Waals surface area contributed by atoms with Gasteiger partial charge in [0.15, 0.2) is 0 Å². The molecule has 0 aliphatic carbocycles. The molecular formula is C12H17N3O2S. The van der Waals surface area contributed by atoms with Crippen LogP contribution in [0.5, 0.6) is 0 Å². The van der Waals surface area contributed by atoms with Crippen LogP contribution < -0.4 is 5.32 Å². The van der Waals surface area contributed by atoms with Crippen LogP contribution in [-0.4, -0.2) is 42.9 Å². The predicted molar refractivity (Wildman–Crippen MR) is 67.6 cm³/mol. The van der Waals surface area contributed by atoms with Crippen molar-refractivity contribution in [2.24, 2.45) is 0 Å². The van der Waals surface area contributed by atoms with E-state index in [1.54, 1.807) is 22.6 Å². The minimum atomic E-state index is -3.39. The third-order valence-corrected chi connectivity index (χ3v) is 5.79. The standard InChI is InChI=1S/C12H17N3O2S/c16-18(17,12-2-1-6-13-9-12)15-10-3-4-11(15)8-14-7-5-10/h1-2,6,9-11,14H,3-5,7-8H2. The van der Waals surface area contributed by atoms with Crippen molar-refractivity contribution in [2.75, 3.05) is 13.1 Å². The maximum atomic E-state index is 12.7. The molecule has 0 spiro atoms. The highest BCUT2D eigenvalue weighted by Gasteiger charge is 2.42. The molecule has 2 aliphatic rings. The zero-order valence-electron chi connectivity index (χ0n) is 10.1. The average Bonchev–Trinajstić information content (AvgIpc) is 2.64. The van der Waals surface area contributed by atoms with Crippen molar-refractivity contribution in [3.8, 4) is 0 Å². The largest absolute Gasteiger partial charge is 0.315 e. The van der Waals surface area contributed by atoms with E-state index in [0.717, 1.165) is 32.4 Å². The summed E-state index contributed by atoms with van der Waals surface area (Å²) in [5, 5.41) is 3.31. The number of aromatic nitrogens is 1. The molecule has 6 heteroatoms. The summed E-state index contributed by atoms with van der Waals surface area (Å²) in [6.07, 6.45) is 5.86. The molecule has 3 rings (SSSR count). The van der Waals surface area contributed by atoms with Gasteiger partial charge >= 0.3 is 0 Å². The van der Waals surface area contributed by atoms with Gasteiger partial charge in [-0.2, -0.15) is 4.31 Å². The molecule has 2 fully saturated rings. The highest BCUT2D eigenvalue weighted by atomic mass is 32.2. The van der Waals surface area contributed by atoms with Crippen molar-refractivity contribution >= 4 is 10.0 Å². The Morgan fingerprint density at radius 2 is 2.11 bits per heavy atom. The fourth-order valence-electron chi connectivity index (χ4n) is 2.95. The summed E-state index contributed by atoms with van der Waals surface area (Å²) < 4.78 is 27.0. The third kappa shape index (κ3) is 1.94. The molecule has 1 aromatic heterocycles. The van der Waals surface area contributed by atoms with Gasteiger partial charge in [0.2, 0.25) is 10.0 Å². The van der Waals surface area contributed by atoms with Crippen molar-refractivity contribution in [1.29, 1.82) is 0 Å². The zero-order valence-corrected chi connectivity index (χ0v) is 10.9. The van der Waals surface area contributed by atoms with Gasteiger partial charge in [0, 0.05) is 31.0 Å². The Kier molecular flexibility index (Phi) is 3.09. The molecule has 2 saturated heterocycles. The summed E-state index contributed by atoms with van der Waals surface area (Å²) in [5.41, 5.74) is 0. The minimum absolute atomic E-state index is 0.0997. The molecule has 1 aromatic rings. The van der Waals surface area contributed by atoms with Crippen molar-refractivity contribution in [1.82, 2.24) is 14.6 Å². The first-order valence-corrected chi connectivity index (χ1v) is 7.78. The Morgan fingerprint density at radius 1 is 1.28 bits per heavy atom. The maximum Gasteiger partial charge on any atom is 0.245 e. The van der Waals surface area contributed by atoms with Crippen molar-refractivity contribution in [3.63, 3.8) is 0 Å². The van der Waals surface area contributed by atoms with E-state index < -0.39 is 10.0 Å². The maximum absolute atomic E-state index is 12.7. The van der Waals surface area contributed by atoms with E-state index in [1.807, 2.05) is 0 Å². The zero-order chi connectivity index (χ0) is 12.6. The number of sulfonamides is 1. The SMILES string of the molecule is O=S(=O)(c1cccnc1)N1C2CCNCC1CC2. The van der Waals surface area contributed by atoms with E-state index in [0.29, 0.717) is 4.90 Å². The fourth-order valence-corrected chi connectivity index (χ4v) is 4.82. The monoisotopic (exact) mass is 267 g/mol. The topological polar surface area (TPSA) is 62.3 Å². The Morgan fingerprint density at radius 3 is 2.89 bits per heavy atom. The molecule has 0 radical (unpaired) electrons. The van der Waals surface area contributed by atoms with Crippen LogP contribution in [0.1, 0.15) is 19.3 Å². The summed E-state index contributed by atoms with van der Waals surface area (Å²) in [6, 6.07) is 3.54. The smallest absolute Gasteiger partial charge is 0.245 e. The summed E-state index contributed by atoms with van der Waals surface area (Å²) in [4.78, 5) is 4.23. The molecular weight excluding hydrogens is 250 g/mol. The second-order valence-electron chi connectivity index (χ2n) is 4.90. The molecule has 2 bridgehead atoms. The lowest BCUT2D eigenvalue weighted by atomic mass is 10.1. The highest BCUT2D eigenvalue weighted by Crippen LogP contribution is 2.33. The van der Waals surface area contributed by atoms with Crippen LogP contribution in [0, 0.1) is 0 Å². The second kappa shape index (κ2) is 4.60. The molecule has 3 heterocycles. The lowest BCUT2D eigenvalue weighted by molar-refractivity contribution is 0.334. The Balaban J connectivity index is 1.99. The van der Waals surface area contributed by atoms with Crippen molar-refractivity contribution < 1.29 is 8.42 Å². The second-order valence-corrected chi connectivity index (χ2v) is 6.74. The Hall–Kier alpha value is -0.980. The Labute approximate surface area is 107 Å². The first kappa shape index (κ1) is 12.1. The number of hydrogen-bond donors (Lipinski definition) is 1. The average molecular weight is 267 g/mol. The lowest BCUT2D eigenvalue weighted by Gasteiger charge is -2.26. The van der Waals surface area contributed by atoms with Crippen molar-refractivity contribution in [2.45, 2.75) is 36.2 Å². The van der Waals surface area contributed by atoms with Gasteiger partial charge in [0.25, 0.3) is 0 Å². The van der Waals surface area contributed by atoms with E-state index in [1.165, 1.54) is 6.20 Å². The summed E-state index contributed by atoms with van der Waals surface area (Å²) in [5.74, 6) is 0. The molecule has 18 heavy (non-hydrogen) atoms. The normalized spacial score (nSPS) is 29.1. The summed E-state index contributed by atoms with van der Waals surface area (Å²) in [6.45, 7) is 1.66. The van der Waals surface area contributed by atoms with Gasteiger partial charge in [0.1, 0.15) is 4.90 Å². The molecule has 2 unspecified atom stereocenters. The van der Waals surface area contributed by atoms with Gasteiger partial charge in [-0.15, -0.1) is 0 Å². The van der Waals surface area contributed by atoms with Crippen LogP contribution in [0.4, 0.5) is 0 Å². The number of fused-ring (bicyclic) bond motifs is 2. The van der Waals surface area contributed by atoms with Gasteiger partial charge in [-0.3, -0.25) is 4.98 Å². The lowest BCUT2D eigenvalue weighted by Crippen LogP contribution is -2.42. The van der Waals surface area contributed by atoms with Crippen LogP contribution in [0.2, 0.25) is 0 Å². The van der Waals surface area contributed by atoms with Gasteiger partial charge in [-0.05, 0) is 37.9 Å². The van der Waals surface area contributed by atoms with E-state index >= 15 is 0 Å². The van der Waals surface area contributed by atoms with Gasteiger partial charge < -0.3 is 5.32 Å². The molecule has 0 saturated carbocycles. The molecule has 98 valence electrons. The van der Waals surface area contributed by atoms with Crippen molar-refractivity contribution in [3.05, 3.63) is 24.5 Å². The Bertz CT molecular complexity index is 503. The highest BCUT2D eigenvalue weighted by molar-refractivity contribution is 7.89. The van der Waals surface area contributed by atoms with E-state index in [9.17, 15) is 8.42 Å². The van der Waals surface area contributed by atoms with Crippen LogP contribution in [0.3, 0.4) is 0 Å². The third-order valence-electron chi connectivity index (χ3n) is 3.80. The van der Waals surface area contributed by atoms with Crippen LogP contribution >= 0.6 is 0 Å². The molecule has 0 aromatic carbocycles. The number of nitrogens with one attached hydrogen (secondary N) is 1. The number of nitrogens with zero attached hydrogens (tertiary/aromatic N) is 2. The van der Waals surface area contributed by atoms with Crippen LogP contribution in [0.25, 0.3) is 0 Å². The van der Waals surface area contributed by atoms with Crippen LogP contribution in [0.15, 0.2) is 29.4 Å². The minimum Gasteiger partial charge on any atom is -0.315 e. The molecule has 5 nitrogen and oxygen atoms in total. The van der Waals surface area contributed by atoms with Gasteiger partial charge in [-0.1, -0.05) is 0 Å². The molecule has 1 N–H and O–H groups in total. The number of pyridine rings is 1. The van der Waals surface area contributed by atoms with E-state index in [2.05, 4.69) is 10.3 Å². The van der Waals surface area contributed by atoms with Gasteiger partial charge in [-0.25, -0.2) is 8.42 Å². The first-order valence-electron chi connectivity index (χ1n) is 6.34. The number of hydrogen-bond acceptors (Lipinski definition) is 4. The molecule has 0 amide bonds. The van der Waals surface area contributed by atoms with E-state index in [4.69, 9.17) is 0 Å². The fraction of sp³-hybridized carbons (Fsp3) is 0.583. The molecule has 2 aliphatic heterocycles. The molecule has 2 atom stereocenters.